The first-order valence-corrected chi connectivity index (χ1v) is 4.98. The number of aryl methyl sites for hydroxylation is 2. The Morgan fingerprint density at radius 1 is 1.62 bits per heavy atom. The molecule has 0 amide bonds. The lowest BCUT2D eigenvalue weighted by molar-refractivity contribution is 0.603. The molecule has 0 fully saturated rings. The highest BCUT2D eigenvalue weighted by Gasteiger charge is 2.02. The molecule has 0 aliphatic carbocycles. The summed E-state index contributed by atoms with van der Waals surface area (Å²) in [7, 11) is 0. The molecule has 3 nitrogen and oxygen atoms in total. The summed E-state index contributed by atoms with van der Waals surface area (Å²) in [4.78, 5) is 4.14. The number of nitrogens with zero attached hydrogens (tertiary/aromatic N) is 2. The van der Waals surface area contributed by atoms with E-state index in [0.29, 0.717) is 0 Å². The monoisotopic (exact) mass is 181 g/mol. The fourth-order valence-corrected chi connectivity index (χ4v) is 1.37. The second-order valence-electron chi connectivity index (χ2n) is 3.59. The Kier molecular flexibility index (Phi) is 3.96. The summed E-state index contributed by atoms with van der Waals surface area (Å²) in [5, 5.41) is 0. The second kappa shape index (κ2) is 5.02. The van der Waals surface area contributed by atoms with Crippen LogP contribution in [-0.2, 0) is 13.0 Å². The van der Waals surface area contributed by atoms with E-state index in [1.807, 2.05) is 19.4 Å². The van der Waals surface area contributed by atoms with E-state index < -0.39 is 0 Å². The third kappa shape index (κ3) is 3.19. The molecule has 0 saturated carbocycles. The largest absolute Gasteiger partial charge is 0.335 e. The molecule has 1 aromatic heterocycles. The Hall–Kier alpha value is -0.830. The Bertz CT molecular complexity index is 240. The molecule has 1 unspecified atom stereocenters. The first kappa shape index (κ1) is 10.3. The SMILES string of the molecule is CCCn1cncc1CCC(C)N. The Morgan fingerprint density at radius 2 is 2.38 bits per heavy atom. The van der Waals surface area contributed by atoms with Crippen LogP contribution in [0.2, 0.25) is 0 Å². The summed E-state index contributed by atoms with van der Waals surface area (Å²) in [5.74, 6) is 0. The average molecular weight is 181 g/mol. The van der Waals surface area contributed by atoms with Gasteiger partial charge in [0.2, 0.25) is 0 Å². The standard InChI is InChI=1S/C10H19N3/c1-3-6-13-8-12-7-10(13)5-4-9(2)11/h7-9H,3-6,11H2,1-2H3. The van der Waals surface area contributed by atoms with E-state index >= 15 is 0 Å². The highest BCUT2D eigenvalue weighted by atomic mass is 15.0. The van der Waals surface area contributed by atoms with Crippen LogP contribution in [0, 0.1) is 0 Å². The molecule has 0 bridgehead atoms. The van der Waals surface area contributed by atoms with E-state index in [0.717, 1.165) is 25.8 Å². The van der Waals surface area contributed by atoms with Gasteiger partial charge in [0.1, 0.15) is 0 Å². The summed E-state index contributed by atoms with van der Waals surface area (Å²) in [6.07, 6.45) is 7.08. The zero-order valence-corrected chi connectivity index (χ0v) is 8.53. The maximum Gasteiger partial charge on any atom is 0.0948 e. The lowest BCUT2D eigenvalue weighted by Gasteiger charge is -2.07. The van der Waals surface area contributed by atoms with Gasteiger partial charge in [-0.3, -0.25) is 0 Å². The first-order chi connectivity index (χ1) is 6.24. The van der Waals surface area contributed by atoms with Crippen LogP contribution >= 0.6 is 0 Å². The summed E-state index contributed by atoms with van der Waals surface area (Å²) >= 11 is 0. The summed E-state index contributed by atoms with van der Waals surface area (Å²) in [6, 6.07) is 0.282. The van der Waals surface area contributed by atoms with Crippen molar-refractivity contribution < 1.29 is 0 Å². The van der Waals surface area contributed by atoms with Crippen molar-refractivity contribution in [3.05, 3.63) is 18.2 Å². The fraction of sp³-hybridized carbons (Fsp3) is 0.700. The van der Waals surface area contributed by atoms with Crippen molar-refractivity contribution in [1.82, 2.24) is 9.55 Å². The molecule has 1 aromatic rings. The van der Waals surface area contributed by atoms with Gasteiger partial charge < -0.3 is 10.3 Å². The topological polar surface area (TPSA) is 43.8 Å². The van der Waals surface area contributed by atoms with E-state index in [4.69, 9.17) is 5.73 Å². The van der Waals surface area contributed by atoms with Gasteiger partial charge in [-0.1, -0.05) is 6.92 Å². The van der Waals surface area contributed by atoms with Crippen LogP contribution in [0.5, 0.6) is 0 Å². The number of aromatic nitrogens is 2. The van der Waals surface area contributed by atoms with Gasteiger partial charge >= 0.3 is 0 Å². The van der Waals surface area contributed by atoms with Gasteiger partial charge in [-0.05, 0) is 26.2 Å². The van der Waals surface area contributed by atoms with Gasteiger partial charge in [0.25, 0.3) is 0 Å². The van der Waals surface area contributed by atoms with Crippen LogP contribution in [-0.4, -0.2) is 15.6 Å². The van der Waals surface area contributed by atoms with E-state index in [9.17, 15) is 0 Å². The van der Waals surface area contributed by atoms with Crippen molar-refractivity contribution in [2.45, 2.75) is 45.7 Å². The van der Waals surface area contributed by atoms with Crippen molar-refractivity contribution in [3.63, 3.8) is 0 Å². The molecule has 2 N–H and O–H groups in total. The second-order valence-corrected chi connectivity index (χ2v) is 3.59. The van der Waals surface area contributed by atoms with E-state index in [-0.39, 0.29) is 6.04 Å². The molecule has 3 heteroatoms. The van der Waals surface area contributed by atoms with Crippen LogP contribution in [0.25, 0.3) is 0 Å². The number of hydrogen-bond donors (Lipinski definition) is 1. The van der Waals surface area contributed by atoms with E-state index in [1.54, 1.807) is 0 Å². The molecule has 0 aliphatic heterocycles. The fourth-order valence-electron chi connectivity index (χ4n) is 1.37. The molecule has 1 atom stereocenters. The van der Waals surface area contributed by atoms with Gasteiger partial charge in [-0.2, -0.15) is 0 Å². The number of hydrogen-bond acceptors (Lipinski definition) is 2. The van der Waals surface area contributed by atoms with Crippen molar-refractivity contribution in [2.75, 3.05) is 0 Å². The number of rotatable bonds is 5. The minimum absolute atomic E-state index is 0.282. The van der Waals surface area contributed by atoms with E-state index in [2.05, 4.69) is 16.5 Å². The predicted molar refractivity (Wildman–Crippen MR) is 54.5 cm³/mol. The Morgan fingerprint density at radius 3 is 3.00 bits per heavy atom. The normalized spacial score (nSPS) is 13.2. The van der Waals surface area contributed by atoms with Gasteiger partial charge in [-0.25, -0.2) is 4.98 Å². The smallest absolute Gasteiger partial charge is 0.0948 e. The van der Waals surface area contributed by atoms with Gasteiger partial charge in [-0.15, -0.1) is 0 Å². The van der Waals surface area contributed by atoms with Crippen LogP contribution in [0.4, 0.5) is 0 Å². The molecule has 0 aromatic carbocycles. The first-order valence-electron chi connectivity index (χ1n) is 4.98. The minimum Gasteiger partial charge on any atom is -0.335 e. The lowest BCUT2D eigenvalue weighted by Crippen LogP contribution is -2.16. The predicted octanol–water partition coefficient (Wildman–Crippen LogP) is 1.57. The zero-order chi connectivity index (χ0) is 9.68. The molecule has 0 radical (unpaired) electrons. The summed E-state index contributed by atoms with van der Waals surface area (Å²) < 4.78 is 2.21. The van der Waals surface area contributed by atoms with Gasteiger partial charge in [0.15, 0.2) is 0 Å². The molecule has 13 heavy (non-hydrogen) atoms. The summed E-state index contributed by atoms with van der Waals surface area (Å²) in [5.41, 5.74) is 7.01. The average Bonchev–Trinajstić information content (AvgIpc) is 2.49. The van der Waals surface area contributed by atoms with Crippen LogP contribution < -0.4 is 5.73 Å². The van der Waals surface area contributed by atoms with Crippen molar-refractivity contribution in [2.24, 2.45) is 5.73 Å². The van der Waals surface area contributed by atoms with E-state index in [1.165, 1.54) is 5.69 Å². The van der Waals surface area contributed by atoms with Crippen molar-refractivity contribution in [1.29, 1.82) is 0 Å². The molecule has 0 aliphatic rings. The highest BCUT2D eigenvalue weighted by Crippen LogP contribution is 2.05. The molecule has 1 rings (SSSR count). The molecule has 1 heterocycles. The molecule has 74 valence electrons. The van der Waals surface area contributed by atoms with Crippen LogP contribution in [0.1, 0.15) is 32.4 Å². The lowest BCUT2D eigenvalue weighted by atomic mass is 10.1. The van der Waals surface area contributed by atoms with Crippen molar-refractivity contribution >= 4 is 0 Å². The zero-order valence-electron chi connectivity index (χ0n) is 8.53. The van der Waals surface area contributed by atoms with Gasteiger partial charge in [0.05, 0.1) is 6.33 Å². The van der Waals surface area contributed by atoms with Crippen LogP contribution in [0.15, 0.2) is 12.5 Å². The maximum atomic E-state index is 5.70. The van der Waals surface area contributed by atoms with Gasteiger partial charge in [0, 0.05) is 24.5 Å². The number of imidazole rings is 1. The maximum absolute atomic E-state index is 5.70. The quantitative estimate of drug-likeness (QED) is 0.749. The van der Waals surface area contributed by atoms with Crippen molar-refractivity contribution in [3.8, 4) is 0 Å². The molecular formula is C10H19N3. The Balaban J connectivity index is 2.49. The minimum atomic E-state index is 0.282. The third-order valence-corrected chi connectivity index (χ3v) is 2.12. The highest BCUT2D eigenvalue weighted by molar-refractivity contribution is 4.98. The Labute approximate surface area is 80.0 Å². The summed E-state index contributed by atoms with van der Waals surface area (Å²) in [6.45, 7) is 5.28. The third-order valence-electron chi connectivity index (χ3n) is 2.12. The molecule has 0 saturated heterocycles. The molecule has 0 spiro atoms. The number of nitrogens with two attached hydrogens (primary N) is 1. The molecular weight excluding hydrogens is 162 g/mol. The van der Waals surface area contributed by atoms with Crippen LogP contribution in [0.3, 0.4) is 0 Å².